The molecule has 5 atom stereocenters. The predicted octanol–water partition coefficient (Wildman–Crippen LogP) is 6.02. The van der Waals surface area contributed by atoms with Crippen molar-refractivity contribution < 1.29 is 40.5 Å². The molecule has 7 N–H and O–H groups in total. The van der Waals surface area contributed by atoms with Gasteiger partial charge in [-0.2, -0.15) is 0 Å². The van der Waals surface area contributed by atoms with Crippen molar-refractivity contribution in [3.05, 3.63) is 24.3 Å². The third-order valence-electron chi connectivity index (χ3n) is 12.0. The molecule has 0 spiro atoms. The average Bonchev–Trinajstić information content (AvgIpc) is 2.80. The highest BCUT2D eigenvalue weighted by Crippen LogP contribution is 2.51. The Morgan fingerprint density at radius 2 is 0.638 bits per heavy atom. The lowest BCUT2D eigenvalue weighted by Gasteiger charge is -2.51. The van der Waals surface area contributed by atoms with E-state index in [1.807, 2.05) is 48.5 Å². The lowest BCUT2D eigenvalue weighted by atomic mass is 9.58. The Bertz CT molecular complexity index is 926. The lowest BCUT2D eigenvalue weighted by molar-refractivity contribution is -0.151. The van der Waals surface area contributed by atoms with E-state index in [4.69, 9.17) is 5.11 Å². The van der Waals surface area contributed by atoms with E-state index >= 15 is 0 Å². The van der Waals surface area contributed by atoms with Gasteiger partial charge in [-0.3, -0.25) is 4.79 Å². The summed E-state index contributed by atoms with van der Waals surface area (Å²) < 4.78 is 0. The minimum absolute atomic E-state index is 0.0382. The molecule has 0 saturated heterocycles. The smallest absolute Gasteiger partial charge is 0.134 e. The average molecular weight is 669 g/mol. The summed E-state index contributed by atoms with van der Waals surface area (Å²) in [5, 5.41) is 64.8. The van der Waals surface area contributed by atoms with Crippen molar-refractivity contribution in [2.75, 3.05) is 0 Å². The van der Waals surface area contributed by atoms with Crippen LogP contribution < -0.4 is 0 Å². The van der Waals surface area contributed by atoms with Crippen molar-refractivity contribution in [1.29, 1.82) is 0 Å². The normalized spacial score (nSPS) is 37.0. The Balaban J connectivity index is 0.000000294. The molecular formula is C39H72O8. The quantitative estimate of drug-likeness (QED) is 0.175. The minimum Gasteiger partial charge on any atom is -0.393 e. The summed E-state index contributed by atoms with van der Waals surface area (Å²) in [4.78, 5) is 10.5. The van der Waals surface area contributed by atoms with Gasteiger partial charge in [-0.1, -0.05) is 58.9 Å². The zero-order chi connectivity index (χ0) is 37.2. The first kappa shape index (κ1) is 43.9. The molecule has 3 unspecified atom stereocenters. The highest BCUT2D eigenvalue weighted by atomic mass is 16.3. The van der Waals surface area contributed by atoms with E-state index in [0.29, 0.717) is 12.8 Å². The van der Waals surface area contributed by atoms with Crippen molar-refractivity contribution >= 4 is 5.78 Å². The zero-order valence-electron chi connectivity index (χ0n) is 31.9. The fraction of sp³-hybridized carbons (Fsp3) is 0.872. The number of ketones is 1. The van der Waals surface area contributed by atoms with Gasteiger partial charge >= 0.3 is 0 Å². The molecule has 5 aliphatic carbocycles. The topological polar surface area (TPSA) is 159 Å². The Hall–Kier alpha value is -1.13. The van der Waals surface area contributed by atoms with E-state index in [1.165, 1.54) is 11.1 Å². The number of aliphatic hydroxyl groups is 7. The highest BCUT2D eigenvalue weighted by molar-refractivity contribution is 5.86. The summed E-state index contributed by atoms with van der Waals surface area (Å²) >= 11 is 0. The van der Waals surface area contributed by atoms with Crippen molar-refractivity contribution in [2.45, 2.75) is 189 Å². The second kappa shape index (κ2) is 15.4. The van der Waals surface area contributed by atoms with Crippen LogP contribution in [0, 0.1) is 27.1 Å². The summed E-state index contributed by atoms with van der Waals surface area (Å²) in [6, 6.07) is 0. The highest BCUT2D eigenvalue weighted by Gasteiger charge is 2.51. The summed E-state index contributed by atoms with van der Waals surface area (Å²) in [5.74, 6) is 0.276. The maximum Gasteiger partial charge on any atom is 0.134 e. The molecule has 0 aromatic carbocycles. The molecule has 5 fully saturated rings. The first-order valence-electron chi connectivity index (χ1n) is 17.6. The monoisotopic (exact) mass is 669 g/mol. The number of rotatable bonds is 5. The number of aliphatic hydroxyl groups excluding tert-OH is 5. The van der Waals surface area contributed by atoms with E-state index in [-0.39, 0.29) is 63.4 Å². The molecular weight excluding hydrogens is 596 g/mol. The first-order chi connectivity index (χ1) is 20.8. The number of allylic oxidation sites excluding steroid dienone is 2. The fourth-order valence-corrected chi connectivity index (χ4v) is 7.88. The summed E-state index contributed by atoms with van der Waals surface area (Å²) in [6.45, 7) is 30.5. The Kier molecular flexibility index (Phi) is 14.4. The number of carbonyl (C=O) groups is 1. The van der Waals surface area contributed by atoms with Crippen LogP contribution in [-0.4, -0.2) is 83.3 Å². The molecule has 0 aliphatic heterocycles. The molecule has 47 heavy (non-hydrogen) atoms. The zero-order valence-corrected chi connectivity index (χ0v) is 31.9. The molecule has 5 saturated carbocycles. The largest absolute Gasteiger partial charge is 0.393 e. The Morgan fingerprint density at radius 1 is 0.447 bits per heavy atom. The van der Waals surface area contributed by atoms with Crippen LogP contribution in [-0.2, 0) is 4.79 Å². The SMILES string of the molecule is C=C1CC(C)(C(C)O)C1.C=C1CC(C)(C(C)O)C1.CC(O)C1(C)CC(=O)C1.C[C@H](O)C1(C)CC(C)(O)C1.C[C@H](O)C1(C)CC(C)(O)C1. The van der Waals surface area contributed by atoms with Crippen molar-refractivity contribution in [3.8, 4) is 0 Å². The second-order valence-corrected chi connectivity index (χ2v) is 18.5. The van der Waals surface area contributed by atoms with E-state index < -0.39 is 11.2 Å². The van der Waals surface area contributed by atoms with Crippen LogP contribution in [0.5, 0.6) is 0 Å². The molecule has 0 aromatic heterocycles. The number of carbonyl (C=O) groups excluding carboxylic acids is 1. The number of hydrogen-bond acceptors (Lipinski definition) is 8. The molecule has 0 bridgehead atoms. The van der Waals surface area contributed by atoms with Crippen molar-refractivity contribution in [3.63, 3.8) is 0 Å². The maximum absolute atomic E-state index is 10.5. The molecule has 5 aliphatic rings. The van der Waals surface area contributed by atoms with Gasteiger partial charge < -0.3 is 35.7 Å². The Labute approximate surface area is 286 Å². The van der Waals surface area contributed by atoms with Gasteiger partial charge in [-0.25, -0.2) is 0 Å². The lowest BCUT2D eigenvalue weighted by Crippen LogP contribution is -2.53. The summed E-state index contributed by atoms with van der Waals surface area (Å²) in [5.41, 5.74) is 1.63. The predicted molar refractivity (Wildman–Crippen MR) is 190 cm³/mol. The molecule has 5 rings (SSSR count). The Morgan fingerprint density at radius 3 is 0.702 bits per heavy atom. The molecule has 8 nitrogen and oxygen atoms in total. The third kappa shape index (κ3) is 12.0. The van der Waals surface area contributed by atoms with Gasteiger partial charge in [0.1, 0.15) is 5.78 Å². The molecule has 276 valence electrons. The van der Waals surface area contributed by atoms with Gasteiger partial charge in [-0.15, -0.1) is 0 Å². The van der Waals surface area contributed by atoms with Crippen molar-refractivity contribution in [2.24, 2.45) is 27.1 Å². The fourth-order valence-electron chi connectivity index (χ4n) is 7.88. The third-order valence-corrected chi connectivity index (χ3v) is 12.0. The summed E-state index contributed by atoms with van der Waals surface area (Å²) in [6.07, 6.45) is 6.73. The van der Waals surface area contributed by atoms with Crippen molar-refractivity contribution in [1.82, 2.24) is 0 Å². The van der Waals surface area contributed by atoms with Gasteiger partial charge in [-0.05, 0) is 111 Å². The minimum atomic E-state index is -0.522. The molecule has 0 amide bonds. The number of Topliss-reactive ketones (excluding diaryl/α,β-unsaturated/α-hetero) is 1. The van der Waals surface area contributed by atoms with Gasteiger partial charge in [0.15, 0.2) is 0 Å². The van der Waals surface area contributed by atoms with E-state index in [9.17, 15) is 35.4 Å². The van der Waals surface area contributed by atoms with Crippen LogP contribution >= 0.6 is 0 Å². The van der Waals surface area contributed by atoms with Crippen LogP contribution in [0.25, 0.3) is 0 Å². The second-order valence-electron chi connectivity index (χ2n) is 18.5. The van der Waals surface area contributed by atoms with Crippen LogP contribution in [0.15, 0.2) is 24.3 Å². The van der Waals surface area contributed by atoms with E-state index in [1.54, 1.807) is 20.8 Å². The summed E-state index contributed by atoms with van der Waals surface area (Å²) in [7, 11) is 0. The molecule has 0 radical (unpaired) electrons. The van der Waals surface area contributed by atoms with Gasteiger partial charge in [0.25, 0.3) is 0 Å². The first-order valence-corrected chi connectivity index (χ1v) is 17.6. The van der Waals surface area contributed by atoms with Crippen LogP contribution in [0.3, 0.4) is 0 Å². The van der Waals surface area contributed by atoms with Crippen LogP contribution in [0.2, 0.25) is 0 Å². The standard InChI is InChI=1S/2C8H16O2.2C8H14O.C7H12O2/c2*1-6(9)7(2)4-8(3,10)5-7;2*1-6-4-8(3,5-6)7(2)9;1-5(8)7(2)3-6(9)4-7/h2*6,9-10H,4-5H2,1-3H3;2*7,9H,1,4-5H2,2-3H3;5,8H,3-4H2,1-2H3/t2*6-,7?,8?;;;/m00.../s1. The molecule has 0 aromatic rings. The molecule has 0 heterocycles. The van der Waals surface area contributed by atoms with E-state index in [2.05, 4.69) is 27.0 Å². The molecule has 8 heteroatoms. The van der Waals surface area contributed by atoms with Gasteiger partial charge in [0.2, 0.25) is 0 Å². The van der Waals surface area contributed by atoms with Gasteiger partial charge in [0.05, 0.1) is 41.7 Å². The van der Waals surface area contributed by atoms with Gasteiger partial charge in [0, 0.05) is 29.1 Å². The maximum atomic E-state index is 10.5. The van der Waals surface area contributed by atoms with E-state index in [0.717, 1.165) is 51.4 Å². The number of hydrogen-bond donors (Lipinski definition) is 7. The van der Waals surface area contributed by atoms with Crippen LogP contribution in [0.4, 0.5) is 0 Å². The van der Waals surface area contributed by atoms with Crippen LogP contribution in [0.1, 0.15) is 147 Å².